The largest absolute Gasteiger partial charge is 0.335 e. The minimum absolute atomic E-state index is 0.147. The Labute approximate surface area is 157 Å². The highest BCUT2D eigenvalue weighted by Gasteiger charge is 2.25. The van der Waals surface area contributed by atoms with E-state index in [-0.39, 0.29) is 5.91 Å². The number of aromatic nitrogens is 2. The SMILES string of the molecule is Cc1nn(-c2ccccc2)c2sc(C(=O)N3CCN(C(C)C)CC3)cc12. The minimum atomic E-state index is 0.147. The van der Waals surface area contributed by atoms with E-state index in [1.807, 2.05) is 52.9 Å². The fourth-order valence-corrected chi connectivity index (χ4v) is 4.64. The van der Waals surface area contributed by atoms with Gasteiger partial charge in [0, 0.05) is 37.6 Å². The number of amides is 1. The Morgan fingerprint density at radius 1 is 1.12 bits per heavy atom. The first-order chi connectivity index (χ1) is 12.5. The molecule has 3 heterocycles. The smallest absolute Gasteiger partial charge is 0.264 e. The van der Waals surface area contributed by atoms with Gasteiger partial charge in [0.1, 0.15) is 4.83 Å². The molecule has 2 aromatic heterocycles. The molecule has 26 heavy (non-hydrogen) atoms. The summed E-state index contributed by atoms with van der Waals surface area (Å²) in [7, 11) is 0. The highest BCUT2D eigenvalue weighted by Crippen LogP contribution is 2.31. The molecule has 4 rings (SSSR count). The first-order valence-electron chi connectivity index (χ1n) is 9.12. The summed E-state index contributed by atoms with van der Waals surface area (Å²) in [6.07, 6.45) is 0. The lowest BCUT2D eigenvalue weighted by atomic mass is 10.2. The molecule has 0 bridgehead atoms. The van der Waals surface area contributed by atoms with E-state index in [0.29, 0.717) is 6.04 Å². The maximum atomic E-state index is 13.0. The number of carbonyl (C=O) groups is 1. The number of aryl methyl sites for hydroxylation is 1. The summed E-state index contributed by atoms with van der Waals surface area (Å²) in [6, 6.07) is 12.6. The number of nitrogens with zero attached hydrogens (tertiary/aromatic N) is 4. The third-order valence-electron chi connectivity index (χ3n) is 5.09. The molecule has 0 aliphatic carbocycles. The van der Waals surface area contributed by atoms with Gasteiger partial charge in [0.2, 0.25) is 0 Å². The summed E-state index contributed by atoms with van der Waals surface area (Å²) in [4.78, 5) is 19.2. The summed E-state index contributed by atoms with van der Waals surface area (Å²) < 4.78 is 1.95. The number of hydrogen-bond donors (Lipinski definition) is 0. The van der Waals surface area contributed by atoms with Gasteiger partial charge in [-0.1, -0.05) is 18.2 Å². The molecule has 0 unspecified atom stereocenters. The molecule has 0 atom stereocenters. The van der Waals surface area contributed by atoms with Crippen molar-refractivity contribution in [2.75, 3.05) is 26.2 Å². The number of rotatable bonds is 3. The van der Waals surface area contributed by atoms with Crippen molar-refractivity contribution in [3.05, 3.63) is 47.0 Å². The van der Waals surface area contributed by atoms with Crippen molar-refractivity contribution in [2.24, 2.45) is 0 Å². The summed E-state index contributed by atoms with van der Waals surface area (Å²) in [5.74, 6) is 0.147. The molecule has 1 aromatic carbocycles. The average molecular weight is 369 g/mol. The zero-order valence-corrected chi connectivity index (χ0v) is 16.3. The first-order valence-corrected chi connectivity index (χ1v) is 9.94. The Kier molecular flexibility index (Phi) is 4.54. The summed E-state index contributed by atoms with van der Waals surface area (Å²) in [6.45, 7) is 9.92. The van der Waals surface area contributed by atoms with Crippen LogP contribution in [0.4, 0.5) is 0 Å². The molecule has 0 radical (unpaired) electrons. The highest BCUT2D eigenvalue weighted by atomic mass is 32.1. The Balaban J connectivity index is 1.61. The average Bonchev–Trinajstić information content (AvgIpc) is 3.23. The van der Waals surface area contributed by atoms with E-state index in [4.69, 9.17) is 0 Å². The number of hydrogen-bond acceptors (Lipinski definition) is 4. The summed E-state index contributed by atoms with van der Waals surface area (Å²) in [5, 5.41) is 5.73. The molecule has 1 aliphatic heterocycles. The fraction of sp³-hybridized carbons (Fsp3) is 0.400. The van der Waals surface area contributed by atoms with Gasteiger partial charge in [0.05, 0.1) is 16.3 Å². The number of thiophene rings is 1. The molecule has 0 saturated carbocycles. The van der Waals surface area contributed by atoms with Crippen LogP contribution in [0.2, 0.25) is 0 Å². The van der Waals surface area contributed by atoms with Crippen molar-refractivity contribution >= 4 is 27.5 Å². The molecule has 1 amide bonds. The van der Waals surface area contributed by atoms with E-state index in [1.54, 1.807) is 11.3 Å². The Morgan fingerprint density at radius 3 is 2.46 bits per heavy atom. The molecule has 1 saturated heterocycles. The van der Waals surface area contributed by atoms with Gasteiger partial charge in [0.15, 0.2) is 0 Å². The minimum Gasteiger partial charge on any atom is -0.335 e. The van der Waals surface area contributed by atoms with Crippen molar-refractivity contribution < 1.29 is 4.79 Å². The second-order valence-electron chi connectivity index (χ2n) is 7.08. The molecule has 1 aliphatic rings. The van der Waals surface area contributed by atoms with E-state index in [1.165, 1.54) is 0 Å². The van der Waals surface area contributed by atoms with Crippen molar-refractivity contribution in [3.8, 4) is 5.69 Å². The lowest BCUT2D eigenvalue weighted by Crippen LogP contribution is -2.50. The molecule has 0 N–H and O–H groups in total. The van der Waals surface area contributed by atoms with Crippen molar-refractivity contribution in [3.63, 3.8) is 0 Å². The van der Waals surface area contributed by atoms with E-state index >= 15 is 0 Å². The quantitative estimate of drug-likeness (QED) is 0.710. The number of para-hydroxylation sites is 1. The van der Waals surface area contributed by atoms with Crippen LogP contribution in [0.1, 0.15) is 29.2 Å². The molecule has 0 spiro atoms. The van der Waals surface area contributed by atoms with Crippen LogP contribution in [0.25, 0.3) is 15.9 Å². The van der Waals surface area contributed by atoms with E-state index < -0.39 is 0 Å². The highest BCUT2D eigenvalue weighted by molar-refractivity contribution is 7.20. The van der Waals surface area contributed by atoms with E-state index in [2.05, 4.69) is 23.8 Å². The Bertz CT molecular complexity index is 920. The van der Waals surface area contributed by atoms with Gasteiger partial charge >= 0.3 is 0 Å². The lowest BCUT2D eigenvalue weighted by molar-refractivity contribution is 0.0600. The van der Waals surface area contributed by atoms with Crippen LogP contribution in [-0.4, -0.2) is 57.7 Å². The lowest BCUT2D eigenvalue weighted by Gasteiger charge is -2.36. The molecule has 6 heteroatoms. The predicted octanol–water partition coefficient (Wildman–Crippen LogP) is 3.56. The number of piperazine rings is 1. The normalized spacial score (nSPS) is 15.9. The van der Waals surface area contributed by atoms with Gasteiger partial charge in [-0.2, -0.15) is 5.10 Å². The molecule has 5 nitrogen and oxygen atoms in total. The van der Waals surface area contributed by atoms with Gasteiger partial charge in [0.25, 0.3) is 5.91 Å². The molecule has 3 aromatic rings. The summed E-state index contributed by atoms with van der Waals surface area (Å²) in [5.41, 5.74) is 1.99. The molecule has 136 valence electrons. The molecular weight excluding hydrogens is 344 g/mol. The zero-order chi connectivity index (χ0) is 18.3. The van der Waals surface area contributed by atoms with Crippen LogP contribution in [-0.2, 0) is 0 Å². The first kappa shape index (κ1) is 17.2. The predicted molar refractivity (Wildman–Crippen MR) is 106 cm³/mol. The summed E-state index contributed by atoms with van der Waals surface area (Å²) >= 11 is 1.54. The maximum absolute atomic E-state index is 13.0. The number of fused-ring (bicyclic) bond motifs is 1. The number of benzene rings is 1. The maximum Gasteiger partial charge on any atom is 0.264 e. The van der Waals surface area contributed by atoms with Crippen molar-refractivity contribution in [1.29, 1.82) is 0 Å². The van der Waals surface area contributed by atoms with Crippen molar-refractivity contribution in [2.45, 2.75) is 26.8 Å². The third kappa shape index (κ3) is 3.04. The Hall–Kier alpha value is -2.18. The monoisotopic (exact) mass is 368 g/mol. The van der Waals surface area contributed by atoms with Crippen LogP contribution < -0.4 is 0 Å². The van der Waals surface area contributed by atoms with Gasteiger partial charge in [-0.15, -0.1) is 11.3 Å². The van der Waals surface area contributed by atoms with Crippen LogP contribution >= 0.6 is 11.3 Å². The molecule has 1 fully saturated rings. The zero-order valence-electron chi connectivity index (χ0n) is 15.5. The number of carbonyl (C=O) groups excluding carboxylic acids is 1. The Morgan fingerprint density at radius 2 is 1.81 bits per heavy atom. The topological polar surface area (TPSA) is 41.4 Å². The fourth-order valence-electron chi connectivity index (χ4n) is 3.49. The van der Waals surface area contributed by atoms with Gasteiger partial charge < -0.3 is 4.90 Å². The molecular formula is C20H24N4OS. The third-order valence-corrected chi connectivity index (χ3v) is 6.19. The van der Waals surface area contributed by atoms with Crippen LogP contribution in [0, 0.1) is 6.92 Å². The standard InChI is InChI=1S/C20H24N4OS/c1-14(2)22-9-11-23(12-10-22)19(25)18-13-17-15(3)21-24(20(17)26-18)16-7-5-4-6-8-16/h4-8,13-14H,9-12H2,1-3H3. The van der Waals surface area contributed by atoms with Crippen molar-refractivity contribution in [1.82, 2.24) is 19.6 Å². The van der Waals surface area contributed by atoms with Crippen LogP contribution in [0.3, 0.4) is 0 Å². The van der Waals surface area contributed by atoms with E-state index in [0.717, 1.165) is 52.7 Å². The second-order valence-corrected chi connectivity index (χ2v) is 8.11. The van der Waals surface area contributed by atoms with Gasteiger partial charge in [-0.25, -0.2) is 4.68 Å². The van der Waals surface area contributed by atoms with Crippen LogP contribution in [0.15, 0.2) is 36.4 Å². The second kappa shape index (κ2) is 6.85. The van der Waals surface area contributed by atoms with Crippen LogP contribution in [0.5, 0.6) is 0 Å². The van der Waals surface area contributed by atoms with E-state index in [9.17, 15) is 4.79 Å². The van der Waals surface area contributed by atoms with Gasteiger partial charge in [-0.3, -0.25) is 9.69 Å². The van der Waals surface area contributed by atoms with Gasteiger partial charge in [-0.05, 0) is 39.0 Å².